The highest BCUT2D eigenvalue weighted by Gasteiger charge is 2.08. The van der Waals surface area contributed by atoms with Crippen molar-refractivity contribution in [1.82, 2.24) is 0 Å². The quantitative estimate of drug-likeness (QED) is 0.840. The van der Waals surface area contributed by atoms with Crippen LogP contribution in [0.25, 0.3) is 0 Å². The molecule has 2 aromatic rings. The molecule has 1 nitrogen and oxygen atoms in total. The van der Waals surface area contributed by atoms with Gasteiger partial charge in [-0.3, -0.25) is 0 Å². The van der Waals surface area contributed by atoms with Crippen molar-refractivity contribution in [2.24, 2.45) is 0 Å². The first kappa shape index (κ1) is 13.5. The zero-order valence-electron chi connectivity index (χ0n) is 11.3. The van der Waals surface area contributed by atoms with Crippen molar-refractivity contribution in [3.63, 3.8) is 0 Å². The monoisotopic (exact) mass is 261 g/mol. The van der Waals surface area contributed by atoms with Gasteiger partial charge < -0.3 is 5.32 Å². The zero-order chi connectivity index (χ0) is 14.0. The third-order valence-electron chi connectivity index (χ3n) is 3.33. The van der Waals surface area contributed by atoms with Gasteiger partial charge in [0.1, 0.15) is 0 Å². The molecule has 0 fully saturated rings. The Morgan fingerprint density at radius 3 is 2.26 bits per heavy atom. The van der Waals surface area contributed by atoms with E-state index in [0.717, 1.165) is 11.6 Å². The van der Waals surface area contributed by atoms with E-state index in [1.54, 1.807) is 0 Å². The first-order chi connectivity index (χ1) is 8.97. The Morgan fingerprint density at radius 1 is 0.895 bits per heavy atom. The molecule has 0 saturated carbocycles. The lowest BCUT2D eigenvalue weighted by atomic mass is 10.0. The molecule has 0 amide bonds. The predicted molar refractivity (Wildman–Crippen MR) is 74.3 cm³/mol. The Labute approximate surface area is 112 Å². The number of hydrogen-bond acceptors (Lipinski definition) is 1. The molecule has 0 aliphatic heterocycles. The second kappa shape index (κ2) is 5.39. The van der Waals surface area contributed by atoms with Gasteiger partial charge in [0, 0.05) is 17.8 Å². The zero-order valence-corrected chi connectivity index (χ0v) is 11.3. The van der Waals surface area contributed by atoms with Crippen molar-refractivity contribution in [3.8, 4) is 0 Å². The number of rotatable bonds is 3. The van der Waals surface area contributed by atoms with Gasteiger partial charge in [0.25, 0.3) is 0 Å². The van der Waals surface area contributed by atoms with Crippen LogP contribution in [0.2, 0.25) is 0 Å². The maximum atomic E-state index is 13.1. The Hall–Kier alpha value is -1.90. The predicted octanol–water partition coefficient (Wildman–Crippen LogP) is 4.75. The second-order valence-electron chi connectivity index (χ2n) is 4.84. The van der Waals surface area contributed by atoms with Crippen LogP contribution in [0.4, 0.5) is 14.5 Å². The van der Waals surface area contributed by atoms with Crippen LogP contribution < -0.4 is 5.32 Å². The fraction of sp³-hybridized carbons (Fsp3) is 0.250. The summed E-state index contributed by atoms with van der Waals surface area (Å²) in [6.07, 6.45) is 0. The fourth-order valence-electron chi connectivity index (χ4n) is 1.95. The number of halogens is 2. The van der Waals surface area contributed by atoms with E-state index in [9.17, 15) is 8.78 Å². The maximum Gasteiger partial charge on any atom is 0.160 e. The van der Waals surface area contributed by atoms with Gasteiger partial charge in [-0.2, -0.15) is 0 Å². The molecule has 0 aliphatic carbocycles. The molecule has 0 spiro atoms. The van der Waals surface area contributed by atoms with Crippen molar-refractivity contribution in [2.45, 2.75) is 26.8 Å². The van der Waals surface area contributed by atoms with E-state index in [4.69, 9.17) is 0 Å². The maximum absolute atomic E-state index is 13.1. The van der Waals surface area contributed by atoms with Crippen LogP contribution in [0.15, 0.2) is 36.4 Å². The van der Waals surface area contributed by atoms with Crippen LogP contribution in [-0.2, 0) is 0 Å². The smallest absolute Gasteiger partial charge is 0.160 e. The molecule has 1 atom stereocenters. The molecule has 0 radical (unpaired) electrons. The van der Waals surface area contributed by atoms with E-state index in [-0.39, 0.29) is 6.04 Å². The number of benzene rings is 2. The summed E-state index contributed by atoms with van der Waals surface area (Å²) in [5, 5.41) is 3.17. The number of anilines is 1. The lowest BCUT2D eigenvalue weighted by Crippen LogP contribution is -2.07. The Kier molecular flexibility index (Phi) is 3.84. The van der Waals surface area contributed by atoms with E-state index in [2.05, 4.69) is 31.3 Å². The largest absolute Gasteiger partial charge is 0.378 e. The average Bonchev–Trinajstić information content (AvgIpc) is 2.37. The summed E-state index contributed by atoms with van der Waals surface area (Å²) in [7, 11) is 0. The summed E-state index contributed by atoms with van der Waals surface area (Å²) in [5.41, 5.74) is 4.15. The van der Waals surface area contributed by atoms with Gasteiger partial charge in [-0.1, -0.05) is 18.2 Å². The van der Waals surface area contributed by atoms with E-state index >= 15 is 0 Å². The minimum absolute atomic E-state index is 0.0316. The first-order valence-electron chi connectivity index (χ1n) is 6.26. The summed E-state index contributed by atoms with van der Waals surface area (Å²) in [6.45, 7) is 6.11. The standard InChI is InChI=1S/C16H17F2N/c1-10-4-5-13(8-11(10)2)12(3)19-14-6-7-15(17)16(18)9-14/h4-9,12,19H,1-3H3. The summed E-state index contributed by atoms with van der Waals surface area (Å²) in [6, 6.07) is 10.1. The molecule has 19 heavy (non-hydrogen) atoms. The normalized spacial score (nSPS) is 12.3. The molecule has 1 N–H and O–H groups in total. The minimum Gasteiger partial charge on any atom is -0.378 e. The summed E-state index contributed by atoms with van der Waals surface area (Å²) < 4.78 is 26.0. The molecule has 0 aromatic heterocycles. The molecule has 2 rings (SSSR count). The topological polar surface area (TPSA) is 12.0 Å². The fourth-order valence-corrected chi connectivity index (χ4v) is 1.95. The first-order valence-corrected chi connectivity index (χ1v) is 6.26. The van der Waals surface area contributed by atoms with Crippen LogP contribution >= 0.6 is 0 Å². The van der Waals surface area contributed by atoms with Gasteiger partial charge in [-0.25, -0.2) is 8.78 Å². The van der Waals surface area contributed by atoms with Crippen molar-refractivity contribution in [2.75, 3.05) is 5.32 Å². The summed E-state index contributed by atoms with van der Waals surface area (Å²) >= 11 is 0. The van der Waals surface area contributed by atoms with Crippen LogP contribution in [0.1, 0.15) is 29.7 Å². The highest BCUT2D eigenvalue weighted by Crippen LogP contribution is 2.22. The summed E-state index contributed by atoms with van der Waals surface area (Å²) in [5.74, 6) is -1.67. The van der Waals surface area contributed by atoms with Crippen molar-refractivity contribution in [1.29, 1.82) is 0 Å². The van der Waals surface area contributed by atoms with Crippen LogP contribution in [-0.4, -0.2) is 0 Å². The van der Waals surface area contributed by atoms with E-state index in [1.165, 1.54) is 23.3 Å². The SMILES string of the molecule is Cc1ccc(C(C)Nc2ccc(F)c(F)c2)cc1C. The van der Waals surface area contributed by atoms with Gasteiger partial charge in [-0.15, -0.1) is 0 Å². The van der Waals surface area contributed by atoms with Crippen molar-refractivity contribution < 1.29 is 8.78 Å². The van der Waals surface area contributed by atoms with Gasteiger partial charge in [0.05, 0.1) is 0 Å². The molecule has 100 valence electrons. The van der Waals surface area contributed by atoms with Crippen LogP contribution in [0.5, 0.6) is 0 Å². The molecule has 0 heterocycles. The molecular weight excluding hydrogens is 244 g/mol. The molecule has 3 heteroatoms. The van der Waals surface area contributed by atoms with Gasteiger partial charge in [0.2, 0.25) is 0 Å². The van der Waals surface area contributed by atoms with Crippen molar-refractivity contribution >= 4 is 5.69 Å². The molecule has 2 aromatic carbocycles. The van der Waals surface area contributed by atoms with E-state index < -0.39 is 11.6 Å². The number of hydrogen-bond donors (Lipinski definition) is 1. The van der Waals surface area contributed by atoms with E-state index in [1.807, 2.05) is 13.0 Å². The van der Waals surface area contributed by atoms with Gasteiger partial charge >= 0.3 is 0 Å². The summed E-state index contributed by atoms with van der Waals surface area (Å²) in [4.78, 5) is 0. The second-order valence-corrected chi connectivity index (χ2v) is 4.84. The van der Waals surface area contributed by atoms with Crippen LogP contribution in [0, 0.1) is 25.5 Å². The molecule has 0 saturated heterocycles. The van der Waals surface area contributed by atoms with Crippen molar-refractivity contribution in [3.05, 3.63) is 64.7 Å². The lowest BCUT2D eigenvalue weighted by Gasteiger charge is -2.17. The highest BCUT2D eigenvalue weighted by molar-refractivity contribution is 5.46. The average molecular weight is 261 g/mol. The molecular formula is C16H17F2N. The number of nitrogens with one attached hydrogen (secondary N) is 1. The van der Waals surface area contributed by atoms with Crippen LogP contribution in [0.3, 0.4) is 0 Å². The Balaban J connectivity index is 2.17. The van der Waals surface area contributed by atoms with Gasteiger partial charge in [-0.05, 0) is 49.6 Å². The third-order valence-corrected chi connectivity index (χ3v) is 3.33. The van der Waals surface area contributed by atoms with Gasteiger partial charge in [0.15, 0.2) is 11.6 Å². The van der Waals surface area contributed by atoms with E-state index in [0.29, 0.717) is 5.69 Å². The number of aryl methyl sites for hydroxylation is 2. The lowest BCUT2D eigenvalue weighted by molar-refractivity contribution is 0.509. The molecule has 0 bridgehead atoms. The third kappa shape index (κ3) is 3.11. The molecule has 0 aliphatic rings. The Morgan fingerprint density at radius 2 is 1.63 bits per heavy atom. The Bertz CT molecular complexity index is 593. The minimum atomic E-state index is -0.836. The molecule has 1 unspecified atom stereocenters. The highest BCUT2D eigenvalue weighted by atomic mass is 19.2.